The van der Waals surface area contributed by atoms with E-state index in [1.165, 1.54) is 173 Å². The predicted octanol–water partition coefficient (Wildman–Crippen LogP) is 15.3. The summed E-state index contributed by atoms with van der Waals surface area (Å²) in [6, 6.07) is 0. The third-order valence-electron chi connectivity index (χ3n) is 10.9. The largest absolute Gasteiger partial charge is 0.462 e. The summed E-state index contributed by atoms with van der Waals surface area (Å²) in [6.07, 6.45) is 45.1. The number of carbonyl (C=O) groups excluding carboxylic acids is 3. The normalized spacial score (nSPS) is 11.8. The summed E-state index contributed by atoms with van der Waals surface area (Å²) in [6.45, 7) is 6.65. The molecule has 0 fully saturated rings. The second kappa shape index (κ2) is 44.1. The van der Waals surface area contributed by atoms with Gasteiger partial charge >= 0.3 is 17.9 Å². The van der Waals surface area contributed by atoms with E-state index in [2.05, 4.69) is 20.8 Å². The van der Waals surface area contributed by atoms with Crippen molar-refractivity contribution >= 4 is 17.9 Å². The molecule has 1 atom stereocenters. The second-order valence-corrected chi connectivity index (χ2v) is 16.4. The monoisotopic (exact) mass is 765 g/mol. The van der Waals surface area contributed by atoms with Gasteiger partial charge in [-0.3, -0.25) is 14.4 Å². The van der Waals surface area contributed by atoms with Gasteiger partial charge in [0.2, 0.25) is 0 Å². The van der Waals surface area contributed by atoms with Crippen LogP contribution in [0.1, 0.15) is 271 Å². The Bertz CT molecular complexity index is 798. The number of hydrogen-bond donors (Lipinski definition) is 0. The van der Waals surface area contributed by atoms with E-state index >= 15 is 0 Å². The molecule has 0 aromatic carbocycles. The number of hydrogen-bond acceptors (Lipinski definition) is 6. The van der Waals surface area contributed by atoms with Crippen LogP contribution in [0.25, 0.3) is 0 Å². The van der Waals surface area contributed by atoms with Gasteiger partial charge in [0.1, 0.15) is 13.2 Å². The lowest BCUT2D eigenvalue weighted by Crippen LogP contribution is -2.30. The van der Waals surface area contributed by atoms with Gasteiger partial charge in [0, 0.05) is 19.3 Å². The smallest absolute Gasteiger partial charge is 0.306 e. The average molecular weight is 765 g/mol. The lowest BCUT2D eigenvalue weighted by atomic mass is 10.0. The molecule has 0 heterocycles. The maximum atomic E-state index is 12.7. The summed E-state index contributed by atoms with van der Waals surface area (Å²) in [5.74, 6) is -0.849. The van der Waals surface area contributed by atoms with Gasteiger partial charge in [0.25, 0.3) is 0 Å². The number of carbonyl (C=O) groups is 3. The van der Waals surface area contributed by atoms with E-state index in [1.54, 1.807) is 0 Å². The van der Waals surface area contributed by atoms with Gasteiger partial charge in [0.05, 0.1) is 0 Å². The lowest BCUT2D eigenvalue weighted by Gasteiger charge is -2.18. The van der Waals surface area contributed by atoms with Crippen LogP contribution in [0.3, 0.4) is 0 Å². The average Bonchev–Trinajstić information content (AvgIpc) is 3.17. The van der Waals surface area contributed by atoms with Crippen LogP contribution in [0.4, 0.5) is 0 Å². The molecule has 0 amide bonds. The molecule has 0 radical (unpaired) electrons. The molecule has 0 rings (SSSR count). The van der Waals surface area contributed by atoms with Crippen molar-refractivity contribution in [3.63, 3.8) is 0 Å². The van der Waals surface area contributed by atoms with Crippen molar-refractivity contribution in [1.82, 2.24) is 0 Å². The van der Waals surface area contributed by atoms with Gasteiger partial charge < -0.3 is 14.2 Å². The maximum Gasteiger partial charge on any atom is 0.306 e. The van der Waals surface area contributed by atoms with Crippen LogP contribution in [0, 0.1) is 0 Å². The molecule has 0 aliphatic carbocycles. The summed E-state index contributed by atoms with van der Waals surface area (Å²) >= 11 is 0. The van der Waals surface area contributed by atoms with Crippen LogP contribution >= 0.6 is 0 Å². The standard InChI is InChI=1S/C48H92O6/c1-4-7-10-13-16-19-21-23-25-27-30-33-36-39-42-48(51)54-45(43-52-46(49)40-37-34-31-28-18-15-12-9-6-3)44-53-47(50)41-38-35-32-29-26-24-22-20-17-14-11-8-5-2/h45H,4-44H2,1-3H3/t45-/m0/s1. The van der Waals surface area contributed by atoms with Crippen LogP contribution in [0.2, 0.25) is 0 Å². The minimum Gasteiger partial charge on any atom is -0.462 e. The van der Waals surface area contributed by atoms with Crippen LogP contribution in [-0.2, 0) is 28.6 Å². The molecular formula is C48H92O6. The van der Waals surface area contributed by atoms with E-state index in [0.717, 1.165) is 57.8 Å². The Morgan fingerprint density at radius 2 is 0.500 bits per heavy atom. The van der Waals surface area contributed by atoms with E-state index in [9.17, 15) is 14.4 Å². The maximum absolute atomic E-state index is 12.7. The Balaban J connectivity index is 4.29. The minimum absolute atomic E-state index is 0.0624. The molecule has 0 spiro atoms. The highest BCUT2D eigenvalue weighted by molar-refractivity contribution is 5.71. The van der Waals surface area contributed by atoms with Crippen LogP contribution < -0.4 is 0 Å². The van der Waals surface area contributed by atoms with Crippen molar-refractivity contribution in [2.75, 3.05) is 13.2 Å². The molecule has 54 heavy (non-hydrogen) atoms. The van der Waals surface area contributed by atoms with Crippen molar-refractivity contribution in [2.24, 2.45) is 0 Å². The minimum atomic E-state index is -0.758. The molecule has 0 saturated carbocycles. The first-order valence-electron chi connectivity index (χ1n) is 24.0. The number of esters is 3. The zero-order chi connectivity index (χ0) is 39.4. The van der Waals surface area contributed by atoms with E-state index in [4.69, 9.17) is 14.2 Å². The van der Waals surface area contributed by atoms with E-state index in [0.29, 0.717) is 19.3 Å². The first kappa shape index (κ1) is 52.4. The number of unbranched alkanes of at least 4 members (excludes halogenated alkanes) is 33. The third kappa shape index (κ3) is 41.6. The molecular weight excluding hydrogens is 673 g/mol. The van der Waals surface area contributed by atoms with Gasteiger partial charge in [-0.1, -0.05) is 233 Å². The highest BCUT2D eigenvalue weighted by Crippen LogP contribution is 2.16. The zero-order valence-electron chi connectivity index (χ0n) is 36.5. The summed E-state index contributed by atoms with van der Waals surface area (Å²) in [5, 5.41) is 0. The van der Waals surface area contributed by atoms with Gasteiger partial charge in [-0.2, -0.15) is 0 Å². The SMILES string of the molecule is CCCCCCCCCCCCCCCCC(=O)O[C@@H](COC(=O)CCCCCCCCCCC)COC(=O)CCCCCCCCCCCCCCC. The van der Waals surface area contributed by atoms with Crippen LogP contribution in [0.5, 0.6) is 0 Å². The van der Waals surface area contributed by atoms with Gasteiger partial charge in [-0.05, 0) is 19.3 Å². The molecule has 0 aliphatic rings. The molecule has 0 unspecified atom stereocenters. The summed E-state index contributed by atoms with van der Waals surface area (Å²) in [5.41, 5.74) is 0. The second-order valence-electron chi connectivity index (χ2n) is 16.4. The van der Waals surface area contributed by atoms with Crippen LogP contribution in [-0.4, -0.2) is 37.2 Å². The van der Waals surface area contributed by atoms with Crippen molar-refractivity contribution in [3.8, 4) is 0 Å². The molecule has 6 nitrogen and oxygen atoms in total. The van der Waals surface area contributed by atoms with E-state index < -0.39 is 6.10 Å². The fourth-order valence-electron chi connectivity index (χ4n) is 7.21. The van der Waals surface area contributed by atoms with Crippen LogP contribution in [0.15, 0.2) is 0 Å². The molecule has 0 N–H and O–H groups in total. The number of ether oxygens (including phenoxy) is 3. The fourth-order valence-corrected chi connectivity index (χ4v) is 7.21. The van der Waals surface area contributed by atoms with Crippen molar-refractivity contribution in [1.29, 1.82) is 0 Å². The molecule has 0 aromatic rings. The fraction of sp³-hybridized carbons (Fsp3) is 0.938. The Kier molecular flexibility index (Phi) is 42.8. The quantitative estimate of drug-likeness (QED) is 0.0349. The van der Waals surface area contributed by atoms with E-state index in [1.807, 2.05) is 0 Å². The Labute approximate surface area is 336 Å². The summed E-state index contributed by atoms with van der Waals surface area (Å²) < 4.78 is 16.7. The molecule has 320 valence electrons. The Hall–Kier alpha value is -1.59. The summed E-state index contributed by atoms with van der Waals surface area (Å²) in [7, 11) is 0. The van der Waals surface area contributed by atoms with Crippen molar-refractivity contribution in [3.05, 3.63) is 0 Å². The molecule has 0 bridgehead atoms. The van der Waals surface area contributed by atoms with E-state index in [-0.39, 0.29) is 31.1 Å². The Morgan fingerprint density at radius 1 is 0.296 bits per heavy atom. The first-order valence-corrected chi connectivity index (χ1v) is 24.0. The van der Waals surface area contributed by atoms with Crippen molar-refractivity contribution in [2.45, 2.75) is 277 Å². The molecule has 6 heteroatoms. The van der Waals surface area contributed by atoms with Gasteiger partial charge in [-0.15, -0.1) is 0 Å². The number of rotatable bonds is 44. The van der Waals surface area contributed by atoms with Crippen molar-refractivity contribution < 1.29 is 28.6 Å². The first-order chi connectivity index (χ1) is 26.5. The highest BCUT2D eigenvalue weighted by Gasteiger charge is 2.19. The highest BCUT2D eigenvalue weighted by atomic mass is 16.6. The predicted molar refractivity (Wildman–Crippen MR) is 229 cm³/mol. The topological polar surface area (TPSA) is 78.9 Å². The lowest BCUT2D eigenvalue weighted by molar-refractivity contribution is -0.167. The molecule has 0 aliphatic heterocycles. The molecule has 0 aromatic heterocycles. The Morgan fingerprint density at radius 3 is 0.741 bits per heavy atom. The van der Waals surface area contributed by atoms with Gasteiger partial charge in [-0.25, -0.2) is 0 Å². The summed E-state index contributed by atoms with van der Waals surface area (Å²) in [4.78, 5) is 37.7. The molecule has 0 saturated heterocycles. The zero-order valence-corrected chi connectivity index (χ0v) is 36.5. The third-order valence-corrected chi connectivity index (χ3v) is 10.9. The van der Waals surface area contributed by atoms with Gasteiger partial charge in [0.15, 0.2) is 6.10 Å².